The molecule has 9 nitrogen and oxygen atoms in total. The predicted octanol–water partition coefficient (Wildman–Crippen LogP) is 3.37. The van der Waals surface area contributed by atoms with Gasteiger partial charge in [-0.2, -0.15) is 13.2 Å². The second kappa shape index (κ2) is 10.8. The number of carboxylic acids is 1. The zero-order valence-electron chi connectivity index (χ0n) is 17.5. The molecule has 4 rings (SSSR count). The molecule has 4 N–H and O–H groups in total. The molecule has 13 heteroatoms. The second-order valence-electron chi connectivity index (χ2n) is 7.24. The molecule has 1 saturated heterocycles. The minimum Gasteiger partial charge on any atom is -0.475 e. The number of rotatable bonds is 4. The number of halogens is 3. The molecule has 3 aromatic heterocycles. The SMILES string of the molecule is Cc1cc(-c2n[nH]c3cc(NC(=O)[As]C4CCCNC4)ncc23)ccn1.O=C(O)C(F)(F)F. The van der Waals surface area contributed by atoms with Gasteiger partial charge in [0.15, 0.2) is 0 Å². The van der Waals surface area contributed by atoms with E-state index in [2.05, 4.69) is 30.8 Å². The van der Waals surface area contributed by atoms with E-state index in [9.17, 15) is 18.0 Å². The van der Waals surface area contributed by atoms with E-state index >= 15 is 0 Å². The molecule has 0 bridgehead atoms. The average molecular weight is 525 g/mol. The molecule has 1 radical (unpaired) electrons. The third kappa shape index (κ3) is 7.00. The summed E-state index contributed by atoms with van der Waals surface area (Å²) >= 11 is -0.391. The van der Waals surface area contributed by atoms with E-state index in [1.54, 1.807) is 12.4 Å². The van der Waals surface area contributed by atoms with Gasteiger partial charge in [0.1, 0.15) is 0 Å². The van der Waals surface area contributed by atoms with Gasteiger partial charge in [0, 0.05) is 0 Å². The topological polar surface area (TPSA) is 133 Å². The van der Waals surface area contributed by atoms with Gasteiger partial charge in [-0.3, -0.25) is 0 Å². The molecule has 0 aromatic carbocycles. The van der Waals surface area contributed by atoms with Crippen LogP contribution in [0.5, 0.6) is 0 Å². The smallest absolute Gasteiger partial charge is 0.475 e. The summed E-state index contributed by atoms with van der Waals surface area (Å²) in [7, 11) is 0. The van der Waals surface area contributed by atoms with Crippen molar-refractivity contribution in [1.82, 2.24) is 25.5 Å². The summed E-state index contributed by atoms with van der Waals surface area (Å²) in [5, 5.41) is 21.8. The van der Waals surface area contributed by atoms with E-state index in [0.29, 0.717) is 10.5 Å². The molecule has 1 fully saturated rings. The van der Waals surface area contributed by atoms with Crippen LogP contribution in [0.1, 0.15) is 18.5 Å². The minimum atomic E-state index is -5.08. The number of piperidine rings is 1. The number of anilines is 1. The van der Waals surface area contributed by atoms with Crippen molar-refractivity contribution in [3.8, 4) is 11.3 Å². The summed E-state index contributed by atoms with van der Waals surface area (Å²) in [6.45, 7) is 3.97. The Kier molecular flexibility index (Phi) is 8.04. The maximum Gasteiger partial charge on any atom is 0.490 e. The first-order chi connectivity index (χ1) is 15.6. The number of hydrogen-bond acceptors (Lipinski definition) is 6. The normalized spacial score (nSPS) is 16.4. The maximum atomic E-state index is 12.3. The number of nitrogens with zero attached hydrogens (tertiary/aromatic N) is 3. The van der Waals surface area contributed by atoms with Crippen LogP contribution in [0.15, 0.2) is 30.6 Å². The molecule has 0 spiro atoms. The van der Waals surface area contributed by atoms with Crippen LogP contribution in [0, 0.1) is 6.92 Å². The fourth-order valence-corrected chi connectivity index (χ4v) is 5.33. The number of pyridine rings is 2. The van der Waals surface area contributed by atoms with Crippen LogP contribution < -0.4 is 10.6 Å². The third-order valence-corrected chi connectivity index (χ3v) is 7.08. The van der Waals surface area contributed by atoms with E-state index in [1.165, 1.54) is 0 Å². The van der Waals surface area contributed by atoms with Crippen LogP contribution in [-0.2, 0) is 4.79 Å². The van der Waals surface area contributed by atoms with Crippen LogP contribution in [0.2, 0.25) is 4.71 Å². The average Bonchev–Trinajstić information content (AvgIpc) is 3.17. The zero-order valence-corrected chi connectivity index (χ0v) is 19.4. The Bertz CT molecular complexity index is 1130. The number of fused-ring (bicyclic) bond motifs is 1. The summed E-state index contributed by atoms with van der Waals surface area (Å²) in [6.07, 6.45) is 0.750. The van der Waals surface area contributed by atoms with Gasteiger partial charge < -0.3 is 5.11 Å². The summed E-state index contributed by atoms with van der Waals surface area (Å²) in [5.41, 5.74) is 3.64. The Morgan fingerprint density at radius 2 is 2.03 bits per heavy atom. The number of aromatic amines is 1. The first-order valence-electron chi connectivity index (χ1n) is 9.93. The van der Waals surface area contributed by atoms with E-state index < -0.39 is 27.9 Å². The van der Waals surface area contributed by atoms with E-state index in [1.807, 2.05) is 25.1 Å². The second-order valence-corrected chi connectivity index (χ2v) is 10.2. The van der Waals surface area contributed by atoms with Crippen molar-refractivity contribution in [1.29, 1.82) is 0 Å². The maximum absolute atomic E-state index is 12.3. The molecule has 175 valence electrons. The molecule has 1 unspecified atom stereocenters. The molecule has 1 amide bonds. The number of aliphatic carboxylic acids is 1. The number of alkyl halides is 3. The fraction of sp³-hybridized carbons (Fsp3) is 0.350. The summed E-state index contributed by atoms with van der Waals surface area (Å²) in [4.78, 5) is 29.8. The number of carbonyl (C=O) groups is 2. The number of aromatic nitrogens is 4. The van der Waals surface area contributed by atoms with Gasteiger partial charge >= 0.3 is 170 Å². The molecule has 0 aliphatic carbocycles. The quantitative estimate of drug-likeness (QED) is 0.384. The Labute approximate surface area is 193 Å². The number of nitrogens with one attached hydrogen (secondary N) is 3. The standard InChI is InChI=1S/C18H20AsN6O.C2HF3O2/c1-11-7-12(4-6-21-11)17-14-10-22-16(8-15(14)24-25-17)23-18(26)19-13-3-2-5-20-9-13;3-2(4,5)1(6)7/h4,6-8,10,13,20H,2-3,5,9H2,1H3,(H,24,25)(H,22,23,26);(H,6,7). The van der Waals surface area contributed by atoms with Crippen molar-refractivity contribution in [2.24, 2.45) is 0 Å². The molecule has 1 aliphatic heterocycles. The molecule has 33 heavy (non-hydrogen) atoms. The monoisotopic (exact) mass is 525 g/mol. The first kappa shape index (κ1) is 24.7. The van der Waals surface area contributed by atoms with Gasteiger partial charge in [0.2, 0.25) is 0 Å². The van der Waals surface area contributed by atoms with Gasteiger partial charge in [0.05, 0.1) is 0 Å². The summed E-state index contributed by atoms with van der Waals surface area (Å²) in [5.74, 6) is -2.19. The number of amides is 1. The van der Waals surface area contributed by atoms with E-state index in [4.69, 9.17) is 9.90 Å². The van der Waals surface area contributed by atoms with Crippen molar-refractivity contribution in [3.05, 3.63) is 36.3 Å². The number of aryl methyl sites for hydroxylation is 1. The van der Waals surface area contributed by atoms with Crippen LogP contribution in [0.25, 0.3) is 22.2 Å². The van der Waals surface area contributed by atoms with E-state index in [-0.39, 0.29) is 4.69 Å². The fourth-order valence-electron chi connectivity index (χ4n) is 3.15. The molecule has 4 heterocycles. The molecule has 1 aliphatic rings. The summed E-state index contributed by atoms with van der Waals surface area (Å²) < 4.78 is 32.3. The Morgan fingerprint density at radius 3 is 2.67 bits per heavy atom. The summed E-state index contributed by atoms with van der Waals surface area (Å²) in [6, 6.07) is 5.77. The molecule has 1 atom stereocenters. The molecular weight excluding hydrogens is 504 g/mol. The van der Waals surface area contributed by atoms with Crippen LogP contribution in [0.4, 0.5) is 23.8 Å². The van der Waals surface area contributed by atoms with Gasteiger partial charge in [-0.05, 0) is 0 Å². The van der Waals surface area contributed by atoms with Crippen molar-refractivity contribution < 1.29 is 27.9 Å². The largest absolute Gasteiger partial charge is 0.490 e. The predicted molar refractivity (Wildman–Crippen MR) is 116 cm³/mol. The van der Waals surface area contributed by atoms with Gasteiger partial charge in [-0.25, -0.2) is 4.79 Å². The number of carbonyl (C=O) groups excluding carboxylic acids is 1. The zero-order chi connectivity index (χ0) is 24.0. The number of carboxylic acid groups (broad SMARTS) is 1. The van der Waals surface area contributed by atoms with Crippen molar-refractivity contribution in [2.75, 3.05) is 18.4 Å². The Balaban J connectivity index is 0.000000383. The molecule has 3 aromatic rings. The van der Waals surface area contributed by atoms with Crippen molar-refractivity contribution in [3.63, 3.8) is 0 Å². The Hall–Kier alpha value is -2.98. The first-order valence-corrected chi connectivity index (χ1v) is 12.0. The Morgan fingerprint density at radius 1 is 1.27 bits per heavy atom. The molecule has 0 saturated carbocycles. The van der Waals surface area contributed by atoms with Gasteiger partial charge in [-0.15, -0.1) is 0 Å². The van der Waals surface area contributed by atoms with Gasteiger partial charge in [-0.1, -0.05) is 0 Å². The van der Waals surface area contributed by atoms with Crippen LogP contribution in [-0.4, -0.2) is 71.0 Å². The van der Waals surface area contributed by atoms with Crippen LogP contribution >= 0.6 is 0 Å². The van der Waals surface area contributed by atoms with Crippen LogP contribution in [0.3, 0.4) is 0 Å². The minimum absolute atomic E-state index is 0.103. The van der Waals surface area contributed by atoms with Crippen molar-refractivity contribution in [2.45, 2.75) is 30.6 Å². The van der Waals surface area contributed by atoms with E-state index in [0.717, 1.165) is 53.8 Å². The molecular formula is C20H21AsF3N6O3. The van der Waals surface area contributed by atoms with Crippen molar-refractivity contribution >= 4 is 43.1 Å². The number of H-pyrrole nitrogens is 1. The third-order valence-electron chi connectivity index (χ3n) is 4.67. The van der Waals surface area contributed by atoms with Gasteiger partial charge in [0.25, 0.3) is 0 Å². The number of hydrogen-bond donors (Lipinski definition) is 4.